The van der Waals surface area contributed by atoms with Gasteiger partial charge in [0.1, 0.15) is 24.9 Å². The molecule has 0 bridgehead atoms. The summed E-state index contributed by atoms with van der Waals surface area (Å²) in [5.41, 5.74) is -0.779. The van der Waals surface area contributed by atoms with Crippen LogP contribution in [0.5, 0.6) is 0 Å². The van der Waals surface area contributed by atoms with E-state index in [9.17, 15) is 14.4 Å². The van der Waals surface area contributed by atoms with Gasteiger partial charge in [-0.25, -0.2) is 0 Å². The molecule has 1 saturated heterocycles. The summed E-state index contributed by atoms with van der Waals surface area (Å²) in [6.45, 7) is 15.7. The first kappa shape index (κ1) is 33.3. The third-order valence-electron chi connectivity index (χ3n) is 6.75. The van der Waals surface area contributed by atoms with Gasteiger partial charge < -0.3 is 23.7 Å². The Morgan fingerprint density at radius 3 is 1.62 bits per heavy atom. The average molecular weight is 583 g/mol. The van der Waals surface area contributed by atoms with E-state index in [1.165, 1.54) is 0 Å². The van der Waals surface area contributed by atoms with Crippen LogP contribution < -0.4 is 0 Å². The Kier molecular flexibility index (Phi) is 10.6. The summed E-state index contributed by atoms with van der Waals surface area (Å²) in [6, 6.07) is 19.0. The number of benzene rings is 2. The Hall–Kier alpha value is -3.23. The molecule has 5 atom stereocenters. The number of esters is 3. The topological polar surface area (TPSA) is 97.4 Å². The van der Waals surface area contributed by atoms with Gasteiger partial charge in [-0.3, -0.25) is 14.4 Å². The van der Waals surface area contributed by atoms with E-state index in [0.717, 1.165) is 11.1 Å². The fourth-order valence-electron chi connectivity index (χ4n) is 4.16. The molecule has 2 unspecified atom stereocenters. The first-order valence-electron chi connectivity index (χ1n) is 14.4. The van der Waals surface area contributed by atoms with Gasteiger partial charge in [-0.15, -0.1) is 0 Å². The molecule has 0 aliphatic carbocycles. The summed E-state index contributed by atoms with van der Waals surface area (Å²) in [5, 5.41) is 0. The Labute approximate surface area is 250 Å². The molecule has 2 aromatic carbocycles. The van der Waals surface area contributed by atoms with Gasteiger partial charge in [0.05, 0.1) is 22.9 Å². The maximum atomic E-state index is 13.4. The molecular formula is C34H46O8. The van der Waals surface area contributed by atoms with Gasteiger partial charge >= 0.3 is 17.9 Å². The maximum absolute atomic E-state index is 13.4. The van der Waals surface area contributed by atoms with Crippen molar-refractivity contribution in [1.82, 2.24) is 0 Å². The summed E-state index contributed by atoms with van der Waals surface area (Å²) in [6.07, 6.45) is -4.70. The normalized spacial score (nSPS) is 23.1. The van der Waals surface area contributed by atoms with E-state index in [1.54, 1.807) is 62.3 Å². The first-order valence-corrected chi connectivity index (χ1v) is 14.4. The highest BCUT2D eigenvalue weighted by molar-refractivity contribution is 5.77. The van der Waals surface area contributed by atoms with Crippen molar-refractivity contribution < 1.29 is 38.1 Å². The minimum atomic E-state index is -1.11. The van der Waals surface area contributed by atoms with E-state index in [1.807, 2.05) is 60.7 Å². The molecule has 3 rings (SSSR count). The zero-order valence-electron chi connectivity index (χ0n) is 26.3. The molecule has 0 N–H and O–H groups in total. The molecular weight excluding hydrogens is 536 g/mol. The molecule has 0 spiro atoms. The molecule has 1 heterocycles. The quantitative estimate of drug-likeness (QED) is 0.267. The summed E-state index contributed by atoms with van der Waals surface area (Å²) >= 11 is 0. The minimum Gasteiger partial charge on any atom is -0.462 e. The van der Waals surface area contributed by atoms with Crippen LogP contribution in [0.2, 0.25) is 0 Å². The number of carbonyl (C=O) groups is 3. The SMILES string of the molecule is CC(C)(C)C(=O)OCC1O[C@@H](c2ccccc2)C(OCc2ccccc2)[C@@H](OC(=O)C(C)(C)C)[C@@H]1OC(=O)C(C)(C)C. The van der Waals surface area contributed by atoms with E-state index in [0.29, 0.717) is 0 Å². The highest BCUT2D eigenvalue weighted by atomic mass is 16.6. The zero-order chi connectivity index (χ0) is 31.3. The fourth-order valence-corrected chi connectivity index (χ4v) is 4.16. The summed E-state index contributed by atoms with van der Waals surface area (Å²) in [4.78, 5) is 39.4. The predicted octanol–water partition coefficient (Wildman–Crippen LogP) is 6.22. The average Bonchev–Trinajstić information content (AvgIpc) is 2.91. The van der Waals surface area contributed by atoms with Crippen molar-refractivity contribution in [3.8, 4) is 0 Å². The van der Waals surface area contributed by atoms with E-state index in [4.69, 9.17) is 23.7 Å². The van der Waals surface area contributed by atoms with Gasteiger partial charge in [0.15, 0.2) is 12.2 Å². The number of ether oxygens (including phenoxy) is 5. The molecule has 1 aliphatic heterocycles. The molecule has 0 saturated carbocycles. The lowest BCUT2D eigenvalue weighted by molar-refractivity contribution is -0.265. The molecule has 1 aliphatic rings. The maximum Gasteiger partial charge on any atom is 0.311 e. The monoisotopic (exact) mass is 582 g/mol. The molecule has 8 heteroatoms. The summed E-state index contributed by atoms with van der Waals surface area (Å²) < 4.78 is 31.0. The van der Waals surface area contributed by atoms with E-state index < -0.39 is 64.7 Å². The van der Waals surface area contributed by atoms with Crippen molar-refractivity contribution in [2.75, 3.05) is 6.61 Å². The van der Waals surface area contributed by atoms with Gasteiger partial charge in [0, 0.05) is 0 Å². The molecule has 0 amide bonds. The van der Waals surface area contributed by atoms with Crippen molar-refractivity contribution >= 4 is 17.9 Å². The van der Waals surface area contributed by atoms with Crippen molar-refractivity contribution in [1.29, 1.82) is 0 Å². The Balaban J connectivity index is 2.11. The second-order valence-electron chi connectivity index (χ2n) is 13.9. The third-order valence-corrected chi connectivity index (χ3v) is 6.75. The van der Waals surface area contributed by atoms with Crippen molar-refractivity contribution in [2.24, 2.45) is 16.2 Å². The summed E-state index contributed by atoms with van der Waals surface area (Å²) in [5.74, 6) is -1.44. The van der Waals surface area contributed by atoms with Crippen LogP contribution in [-0.4, -0.2) is 48.9 Å². The molecule has 2 aromatic rings. The molecule has 8 nitrogen and oxygen atoms in total. The Morgan fingerprint density at radius 1 is 0.643 bits per heavy atom. The highest BCUT2D eigenvalue weighted by Crippen LogP contribution is 2.39. The van der Waals surface area contributed by atoms with E-state index in [-0.39, 0.29) is 13.2 Å². The third kappa shape index (κ3) is 8.88. The van der Waals surface area contributed by atoms with Crippen molar-refractivity contribution in [3.05, 3.63) is 71.8 Å². The Bertz CT molecular complexity index is 1190. The van der Waals surface area contributed by atoms with Gasteiger partial charge in [-0.1, -0.05) is 60.7 Å². The van der Waals surface area contributed by atoms with Crippen molar-refractivity contribution in [3.63, 3.8) is 0 Å². The molecule has 230 valence electrons. The minimum absolute atomic E-state index is 0.200. The van der Waals surface area contributed by atoms with Crippen LogP contribution in [0, 0.1) is 16.2 Å². The highest BCUT2D eigenvalue weighted by Gasteiger charge is 2.53. The zero-order valence-corrected chi connectivity index (χ0v) is 26.3. The number of hydrogen-bond donors (Lipinski definition) is 0. The van der Waals surface area contributed by atoms with Crippen LogP contribution >= 0.6 is 0 Å². The van der Waals surface area contributed by atoms with Crippen LogP contribution in [0.4, 0.5) is 0 Å². The lowest BCUT2D eigenvalue weighted by Gasteiger charge is -2.46. The second-order valence-corrected chi connectivity index (χ2v) is 13.9. The second kappa shape index (κ2) is 13.4. The standard InChI is InChI=1S/C34H46O8/c1-32(2,3)29(35)39-21-24-26(41-30(36)33(4,5)6)28(42-31(37)34(7,8)9)27(38-20-22-16-12-10-13-17-22)25(40-24)23-18-14-11-15-19-23/h10-19,24-28H,20-21H2,1-9H3/t24?,25-,26+,27?,28-/m0/s1. The fraction of sp³-hybridized carbons (Fsp3) is 0.559. The molecule has 1 fully saturated rings. The van der Waals surface area contributed by atoms with E-state index in [2.05, 4.69) is 0 Å². The Morgan fingerprint density at radius 2 is 1.12 bits per heavy atom. The largest absolute Gasteiger partial charge is 0.462 e. The van der Waals surface area contributed by atoms with Gasteiger partial charge in [-0.2, -0.15) is 0 Å². The van der Waals surface area contributed by atoms with Crippen LogP contribution in [0.15, 0.2) is 60.7 Å². The number of carbonyl (C=O) groups excluding carboxylic acids is 3. The van der Waals surface area contributed by atoms with Gasteiger partial charge in [-0.05, 0) is 73.4 Å². The van der Waals surface area contributed by atoms with Crippen molar-refractivity contribution in [2.45, 2.75) is 99.4 Å². The molecule has 0 radical (unpaired) electrons. The molecule has 42 heavy (non-hydrogen) atoms. The lowest BCUT2D eigenvalue weighted by atomic mass is 9.89. The van der Waals surface area contributed by atoms with Gasteiger partial charge in [0.2, 0.25) is 0 Å². The van der Waals surface area contributed by atoms with Crippen LogP contribution in [0.25, 0.3) is 0 Å². The van der Waals surface area contributed by atoms with Crippen LogP contribution in [0.1, 0.15) is 79.5 Å². The van der Waals surface area contributed by atoms with Crippen LogP contribution in [0.3, 0.4) is 0 Å². The first-order chi connectivity index (χ1) is 19.5. The lowest BCUT2D eigenvalue weighted by Crippen LogP contribution is -2.60. The number of rotatable bonds is 8. The van der Waals surface area contributed by atoms with Gasteiger partial charge in [0.25, 0.3) is 0 Å². The molecule has 0 aromatic heterocycles. The predicted molar refractivity (Wildman–Crippen MR) is 158 cm³/mol. The number of hydrogen-bond acceptors (Lipinski definition) is 8. The van der Waals surface area contributed by atoms with Crippen LogP contribution in [-0.2, 0) is 44.7 Å². The smallest absolute Gasteiger partial charge is 0.311 e. The summed E-state index contributed by atoms with van der Waals surface area (Å²) in [7, 11) is 0. The van der Waals surface area contributed by atoms with E-state index >= 15 is 0 Å².